The lowest BCUT2D eigenvalue weighted by molar-refractivity contribution is -0.145. The van der Waals surface area contributed by atoms with Crippen LogP contribution >= 0.6 is 0 Å². The van der Waals surface area contributed by atoms with Crippen LogP contribution in [0.4, 0.5) is 0 Å². The van der Waals surface area contributed by atoms with Gasteiger partial charge in [-0.25, -0.2) is 0 Å². The first-order valence-electron chi connectivity index (χ1n) is 13.2. The number of fused-ring (bicyclic) bond motifs is 1. The number of benzene rings is 1. The Morgan fingerprint density at radius 2 is 1.86 bits per heavy atom. The first-order chi connectivity index (χ1) is 17.0. The summed E-state index contributed by atoms with van der Waals surface area (Å²) in [4.78, 5) is 42.3. The van der Waals surface area contributed by atoms with Crippen molar-refractivity contribution in [3.05, 3.63) is 35.9 Å². The molecule has 3 aliphatic heterocycles. The normalized spacial score (nSPS) is 29.8. The Labute approximate surface area is 207 Å². The van der Waals surface area contributed by atoms with Gasteiger partial charge in [-0.15, -0.1) is 0 Å². The van der Waals surface area contributed by atoms with Gasteiger partial charge in [-0.2, -0.15) is 0 Å². The first-order valence-corrected chi connectivity index (χ1v) is 13.2. The van der Waals surface area contributed by atoms with Crippen LogP contribution in [0.2, 0.25) is 0 Å². The van der Waals surface area contributed by atoms with Gasteiger partial charge in [-0.1, -0.05) is 57.0 Å². The quantitative estimate of drug-likeness (QED) is 0.391. The molecule has 3 aliphatic rings. The van der Waals surface area contributed by atoms with Crippen LogP contribution < -0.4 is 10.6 Å². The number of likely N-dealkylation sites (tertiary alicyclic amines) is 1. The average Bonchev–Trinajstić information content (AvgIpc) is 3.51. The standard InChI is InChI=1S/C27H39N3O5/c1-3-5-9-15-29-25(33)23-27-13-12-20(35-27)21(24(32)28-14-4-2)22(27)26(34)30(23)19(17-31)16-18-10-7-6-8-11-18/h6-8,10-11,19-23,31H,3-5,9,12-17H2,1-2H3,(H,28,32)(H,29,33)/t19-,20-,21+,22+,23?,27?/m1/s1. The fraction of sp³-hybridized carbons (Fsp3) is 0.667. The van der Waals surface area contributed by atoms with Crippen LogP contribution in [0, 0.1) is 11.8 Å². The summed E-state index contributed by atoms with van der Waals surface area (Å²) in [6.07, 6.45) is 4.96. The largest absolute Gasteiger partial charge is 0.394 e. The number of nitrogens with one attached hydrogen (secondary N) is 2. The number of amides is 3. The Balaban J connectivity index is 1.66. The molecule has 4 rings (SSSR count). The Morgan fingerprint density at radius 1 is 1.11 bits per heavy atom. The van der Waals surface area contributed by atoms with Crippen LogP contribution in [0.15, 0.2) is 30.3 Å². The Kier molecular flexibility index (Phi) is 8.12. The highest BCUT2D eigenvalue weighted by atomic mass is 16.5. The number of nitrogens with zero attached hydrogens (tertiary/aromatic N) is 1. The van der Waals surface area contributed by atoms with Gasteiger partial charge in [0.25, 0.3) is 0 Å². The second-order valence-corrected chi connectivity index (χ2v) is 10.1. The summed E-state index contributed by atoms with van der Waals surface area (Å²) in [5.41, 5.74) is -0.0620. The summed E-state index contributed by atoms with van der Waals surface area (Å²) in [6, 6.07) is 8.20. The van der Waals surface area contributed by atoms with Crippen molar-refractivity contribution in [2.75, 3.05) is 19.7 Å². The molecule has 1 aromatic carbocycles. The maximum Gasteiger partial charge on any atom is 0.245 e. The van der Waals surface area contributed by atoms with Gasteiger partial charge < -0.3 is 25.4 Å². The van der Waals surface area contributed by atoms with Gasteiger partial charge in [0.1, 0.15) is 11.6 Å². The van der Waals surface area contributed by atoms with Crippen LogP contribution in [-0.2, 0) is 25.5 Å². The highest BCUT2D eigenvalue weighted by Crippen LogP contribution is 2.58. The van der Waals surface area contributed by atoms with Crippen LogP contribution in [0.3, 0.4) is 0 Å². The third-order valence-corrected chi connectivity index (χ3v) is 7.84. The minimum Gasteiger partial charge on any atom is -0.394 e. The predicted molar refractivity (Wildman–Crippen MR) is 131 cm³/mol. The van der Waals surface area contributed by atoms with Gasteiger partial charge in [0, 0.05) is 13.1 Å². The lowest BCUT2D eigenvalue weighted by atomic mass is 9.70. The Bertz CT molecular complexity index is 909. The molecule has 8 nitrogen and oxygen atoms in total. The molecule has 3 heterocycles. The highest BCUT2D eigenvalue weighted by molar-refractivity contribution is 5.99. The molecule has 0 radical (unpaired) electrons. The number of hydrogen-bond acceptors (Lipinski definition) is 5. The molecule has 1 spiro atoms. The zero-order valence-corrected chi connectivity index (χ0v) is 20.9. The molecule has 3 N–H and O–H groups in total. The summed E-state index contributed by atoms with van der Waals surface area (Å²) in [6.45, 7) is 4.87. The second kappa shape index (κ2) is 11.1. The smallest absolute Gasteiger partial charge is 0.245 e. The molecule has 3 fully saturated rings. The average molecular weight is 486 g/mol. The molecule has 3 saturated heterocycles. The van der Waals surface area contributed by atoms with E-state index >= 15 is 0 Å². The number of aliphatic hydroxyl groups is 1. The van der Waals surface area contributed by atoms with Crippen molar-refractivity contribution in [2.45, 2.75) is 82.6 Å². The van der Waals surface area contributed by atoms with Gasteiger partial charge in [-0.05, 0) is 37.7 Å². The molecule has 1 aromatic rings. The first kappa shape index (κ1) is 25.6. The minimum atomic E-state index is -1.03. The van der Waals surface area contributed by atoms with Crippen LogP contribution in [0.25, 0.3) is 0 Å². The molecule has 8 heteroatoms. The van der Waals surface area contributed by atoms with E-state index in [4.69, 9.17) is 4.74 Å². The maximum absolute atomic E-state index is 14.0. The number of rotatable bonds is 12. The molecule has 0 saturated carbocycles. The number of aliphatic hydroxyl groups excluding tert-OH is 1. The van der Waals surface area contributed by atoms with E-state index in [0.717, 1.165) is 31.2 Å². The molecule has 192 valence electrons. The van der Waals surface area contributed by atoms with Crippen molar-refractivity contribution >= 4 is 17.7 Å². The zero-order chi connectivity index (χ0) is 25.0. The van der Waals surface area contributed by atoms with Crippen molar-refractivity contribution in [1.29, 1.82) is 0 Å². The fourth-order valence-corrected chi connectivity index (χ4v) is 6.27. The molecular weight excluding hydrogens is 446 g/mol. The van der Waals surface area contributed by atoms with Gasteiger partial charge in [0.05, 0.1) is 30.6 Å². The van der Waals surface area contributed by atoms with Crippen LogP contribution in [0.1, 0.15) is 57.9 Å². The van der Waals surface area contributed by atoms with Crippen molar-refractivity contribution in [2.24, 2.45) is 11.8 Å². The molecule has 35 heavy (non-hydrogen) atoms. The monoisotopic (exact) mass is 485 g/mol. The number of ether oxygens (including phenoxy) is 1. The highest BCUT2D eigenvalue weighted by Gasteiger charge is 2.75. The van der Waals surface area contributed by atoms with E-state index in [1.54, 1.807) is 4.90 Å². The summed E-state index contributed by atoms with van der Waals surface area (Å²) >= 11 is 0. The summed E-state index contributed by atoms with van der Waals surface area (Å²) in [5, 5.41) is 16.4. The second-order valence-electron chi connectivity index (χ2n) is 10.1. The van der Waals surface area contributed by atoms with Gasteiger partial charge in [0.2, 0.25) is 17.7 Å². The molecule has 6 atom stereocenters. The van der Waals surface area contributed by atoms with E-state index in [1.807, 2.05) is 37.3 Å². The topological polar surface area (TPSA) is 108 Å². The molecule has 0 aliphatic carbocycles. The maximum atomic E-state index is 14.0. The van der Waals surface area contributed by atoms with E-state index in [2.05, 4.69) is 17.6 Å². The van der Waals surface area contributed by atoms with Crippen molar-refractivity contribution in [1.82, 2.24) is 15.5 Å². The Morgan fingerprint density at radius 3 is 2.54 bits per heavy atom. The molecule has 2 bridgehead atoms. The molecule has 3 amide bonds. The zero-order valence-electron chi connectivity index (χ0n) is 20.9. The number of unbranched alkanes of at least 4 members (excludes halogenated alkanes) is 2. The van der Waals surface area contributed by atoms with E-state index in [0.29, 0.717) is 32.4 Å². The fourth-order valence-electron chi connectivity index (χ4n) is 6.27. The summed E-state index contributed by atoms with van der Waals surface area (Å²) in [5.74, 6) is -2.01. The molecule has 2 unspecified atom stereocenters. The number of carbonyl (C=O) groups is 3. The Hall–Kier alpha value is -2.45. The predicted octanol–water partition coefficient (Wildman–Crippen LogP) is 1.80. The van der Waals surface area contributed by atoms with E-state index in [1.165, 1.54) is 0 Å². The van der Waals surface area contributed by atoms with Gasteiger partial charge in [-0.3, -0.25) is 14.4 Å². The van der Waals surface area contributed by atoms with Crippen molar-refractivity contribution in [3.63, 3.8) is 0 Å². The third-order valence-electron chi connectivity index (χ3n) is 7.84. The number of carbonyl (C=O) groups excluding carboxylic acids is 3. The SMILES string of the molecule is CCCCCNC(=O)C1N([C@@H](CO)Cc2ccccc2)C(=O)[C@@H]2[C@@H](C(=O)NCCC)[C@H]3CCC12O3. The van der Waals surface area contributed by atoms with Crippen molar-refractivity contribution in [3.8, 4) is 0 Å². The van der Waals surface area contributed by atoms with Crippen LogP contribution in [0.5, 0.6) is 0 Å². The summed E-state index contributed by atoms with van der Waals surface area (Å²) in [7, 11) is 0. The molecular formula is C27H39N3O5. The van der Waals surface area contributed by atoms with E-state index in [9.17, 15) is 19.5 Å². The lowest BCUT2D eigenvalue weighted by Gasteiger charge is -2.36. The van der Waals surface area contributed by atoms with E-state index in [-0.39, 0.29) is 30.4 Å². The third kappa shape index (κ3) is 4.70. The van der Waals surface area contributed by atoms with E-state index < -0.39 is 29.5 Å². The van der Waals surface area contributed by atoms with Gasteiger partial charge in [0.15, 0.2) is 0 Å². The lowest BCUT2D eigenvalue weighted by Crippen LogP contribution is -2.58. The van der Waals surface area contributed by atoms with Crippen molar-refractivity contribution < 1.29 is 24.2 Å². The number of hydrogen-bond donors (Lipinski definition) is 3. The molecule has 0 aromatic heterocycles. The van der Waals surface area contributed by atoms with Crippen LogP contribution in [-0.4, -0.2) is 71.2 Å². The summed E-state index contributed by atoms with van der Waals surface area (Å²) < 4.78 is 6.44. The minimum absolute atomic E-state index is 0.177. The van der Waals surface area contributed by atoms with Gasteiger partial charge >= 0.3 is 0 Å².